The number of nitrogens with one attached hydrogen (secondary N) is 1. The van der Waals surface area contributed by atoms with Crippen molar-refractivity contribution in [2.45, 2.75) is 58.4 Å². The van der Waals surface area contributed by atoms with Crippen LogP contribution in [0.5, 0.6) is 5.75 Å². The van der Waals surface area contributed by atoms with E-state index in [1.165, 1.54) is 49.7 Å². The normalized spacial score (nSPS) is 17.9. The largest absolute Gasteiger partial charge is 0.497 e. The Morgan fingerprint density at radius 3 is 2.60 bits per heavy atom. The third-order valence-corrected chi connectivity index (χ3v) is 4.55. The van der Waals surface area contributed by atoms with E-state index in [0.29, 0.717) is 6.04 Å². The summed E-state index contributed by atoms with van der Waals surface area (Å²) in [4.78, 5) is 0. The summed E-state index contributed by atoms with van der Waals surface area (Å²) in [5.74, 6) is 1.76. The lowest BCUT2D eigenvalue weighted by molar-refractivity contribution is 0.271. The molecule has 0 radical (unpaired) electrons. The molecule has 112 valence electrons. The molecule has 1 atom stereocenters. The zero-order valence-electron chi connectivity index (χ0n) is 13.2. The van der Waals surface area contributed by atoms with E-state index in [0.717, 1.165) is 18.2 Å². The maximum absolute atomic E-state index is 5.34. The summed E-state index contributed by atoms with van der Waals surface area (Å²) in [5, 5.41) is 3.79. The molecule has 2 heteroatoms. The summed E-state index contributed by atoms with van der Waals surface area (Å²) in [7, 11) is 1.74. The first-order chi connectivity index (χ1) is 9.76. The Morgan fingerprint density at radius 2 is 2.00 bits per heavy atom. The number of benzene rings is 1. The van der Waals surface area contributed by atoms with Crippen molar-refractivity contribution in [1.82, 2.24) is 5.32 Å². The molecule has 1 aromatic carbocycles. The van der Waals surface area contributed by atoms with Crippen LogP contribution in [0.25, 0.3) is 0 Å². The Bertz CT molecular complexity index is 410. The fourth-order valence-electron chi connectivity index (χ4n) is 3.42. The summed E-state index contributed by atoms with van der Waals surface area (Å²) >= 11 is 0. The minimum Gasteiger partial charge on any atom is -0.497 e. The molecule has 0 heterocycles. The van der Waals surface area contributed by atoms with Crippen LogP contribution in [0.1, 0.15) is 62.6 Å². The molecule has 0 aliphatic heterocycles. The molecule has 0 aromatic heterocycles. The van der Waals surface area contributed by atoms with Gasteiger partial charge in [0.25, 0.3) is 0 Å². The molecule has 20 heavy (non-hydrogen) atoms. The molecule has 0 saturated heterocycles. The Labute approximate surface area is 123 Å². The van der Waals surface area contributed by atoms with Crippen LogP contribution >= 0.6 is 0 Å². The second kappa shape index (κ2) is 7.68. The van der Waals surface area contributed by atoms with Gasteiger partial charge in [0.05, 0.1) is 7.11 Å². The molecule has 1 fully saturated rings. The molecule has 1 aliphatic rings. The second-order valence-corrected chi connectivity index (χ2v) is 6.05. The van der Waals surface area contributed by atoms with Gasteiger partial charge in [-0.15, -0.1) is 0 Å². The molecule has 1 N–H and O–H groups in total. The molecule has 1 aliphatic carbocycles. The summed E-state index contributed by atoms with van der Waals surface area (Å²) < 4.78 is 5.34. The number of rotatable bonds is 6. The third-order valence-electron chi connectivity index (χ3n) is 4.55. The van der Waals surface area contributed by atoms with Gasteiger partial charge in [0.2, 0.25) is 0 Å². The van der Waals surface area contributed by atoms with Gasteiger partial charge >= 0.3 is 0 Å². The third kappa shape index (κ3) is 3.76. The molecule has 2 nitrogen and oxygen atoms in total. The van der Waals surface area contributed by atoms with Crippen molar-refractivity contribution >= 4 is 0 Å². The SMILES string of the molecule is CCCNC(c1ccc(OC)cc1C)C1CCCCC1. The van der Waals surface area contributed by atoms with E-state index in [4.69, 9.17) is 4.74 Å². The van der Waals surface area contributed by atoms with Gasteiger partial charge in [0.1, 0.15) is 5.75 Å². The number of hydrogen-bond acceptors (Lipinski definition) is 2. The van der Waals surface area contributed by atoms with Gasteiger partial charge in [-0.3, -0.25) is 0 Å². The van der Waals surface area contributed by atoms with E-state index < -0.39 is 0 Å². The zero-order chi connectivity index (χ0) is 14.4. The van der Waals surface area contributed by atoms with Gasteiger partial charge < -0.3 is 10.1 Å². The molecule has 1 saturated carbocycles. The van der Waals surface area contributed by atoms with Crippen LogP contribution in [0.2, 0.25) is 0 Å². The Hall–Kier alpha value is -1.02. The van der Waals surface area contributed by atoms with Crippen molar-refractivity contribution in [1.29, 1.82) is 0 Å². The molecular formula is C18H29NO. The zero-order valence-corrected chi connectivity index (χ0v) is 13.2. The van der Waals surface area contributed by atoms with Crippen LogP contribution in [0, 0.1) is 12.8 Å². The monoisotopic (exact) mass is 275 g/mol. The van der Waals surface area contributed by atoms with Crippen LogP contribution in [0.4, 0.5) is 0 Å². The summed E-state index contributed by atoms with van der Waals surface area (Å²) in [6.45, 7) is 5.56. The van der Waals surface area contributed by atoms with E-state index in [-0.39, 0.29) is 0 Å². The Balaban J connectivity index is 2.20. The lowest BCUT2D eigenvalue weighted by Crippen LogP contribution is -2.30. The highest BCUT2D eigenvalue weighted by Gasteiger charge is 2.25. The van der Waals surface area contributed by atoms with Gasteiger partial charge in [-0.1, -0.05) is 32.3 Å². The average molecular weight is 275 g/mol. The fraction of sp³-hybridized carbons (Fsp3) is 0.667. The minimum atomic E-state index is 0.515. The molecule has 0 spiro atoms. The quantitative estimate of drug-likeness (QED) is 0.817. The second-order valence-electron chi connectivity index (χ2n) is 6.05. The first-order valence-electron chi connectivity index (χ1n) is 8.14. The number of hydrogen-bond donors (Lipinski definition) is 1. The average Bonchev–Trinajstić information content (AvgIpc) is 2.50. The highest BCUT2D eigenvalue weighted by atomic mass is 16.5. The van der Waals surface area contributed by atoms with Crippen LogP contribution in [0.15, 0.2) is 18.2 Å². The fourth-order valence-corrected chi connectivity index (χ4v) is 3.42. The summed E-state index contributed by atoms with van der Waals surface area (Å²) in [6.07, 6.45) is 8.13. The topological polar surface area (TPSA) is 21.3 Å². The van der Waals surface area contributed by atoms with Gasteiger partial charge in [0.15, 0.2) is 0 Å². The van der Waals surface area contributed by atoms with Gasteiger partial charge in [-0.25, -0.2) is 0 Å². The van der Waals surface area contributed by atoms with Gasteiger partial charge in [-0.2, -0.15) is 0 Å². The van der Waals surface area contributed by atoms with Crippen LogP contribution in [-0.4, -0.2) is 13.7 Å². The van der Waals surface area contributed by atoms with Crippen molar-refractivity contribution in [3.63, 3.8) is 0 Å². The van der Waals surface area contributed by atoms with Crippen LogP contribution in [0.3, 0.4) is 0 Å². The van der Waals surface area contributed by atoms with Crippen LogP contribution in [-0.2, 0) is 0 Å². The highest BCUT2D eigenvalue weighted by molar-refractivity contribution is 5.37. The van der Waals surface area contributed by atoms with Crippen molar-refractivity contribution in [2.24, 2.45) is 5.92 Å². The molecular weight excluding hydrogens is 246 g/mol. The first kappa shape index (κ1) is 15.4. The van der Waals surface area contributed by atoms with Gasteiger partial charge in [0, 0.05) is 6.04 Å². The number of aryl methyl sites for hydroxylation is 1. The Morgan fingerprint density at radius 1 is 1.25 bits per heavy atom. The van der Waals surface area contributed by atoms with E-state index in [2.05, 4.69) is 37.4 Å². The molecule has 1 aromatic rings. The molecule has 0 bridgehead atoms. The van der Waals surface area contributed by atoms with Crippen molar-refractivity contribution in [2.75, 3.05) is 13.7 Å². The van der Waals surface area contributed by atoms with E-state index in [1.54, 1.807) is 7.11 Å². The van der Waals surface area contributed by atoms with Crippen molar-refractivity contribution < 1.29 is 4.74 Å². The maximum Gasteiger partial charge on any atom is 0.119 e. The van der Waals surface area contributed by atoms with E-state index in [9.17, 15) is 0 Å². The van der Waals surface area contributed by atoms with Crippen LogP contribution < -0.4 is 10.1 Å². The lowest BCUT2D eigenvalue weighted by atomic mass is 9.80. The number of ether oxygens (including phenoxy) is 1. The molecule has 1 unspecified atom stereocenters. The molecule has 0 amide bonds. The first-order valence-corrected chi connectivity index (χ1v) is 8.14. The smallest absolute Gasteiger partial charge is 0.119 e. The summed E-state index contributed by atoms with van der Waals surface area (Å²) in [6, 6.07) is 7.04. The van der Waals surface area contributed by atoms with E-state index >= 15 is 0 Å². The van der Waals surface area contributed by atoms with Gasteiger partial charge in [-0.05, 0) is 61.9 Å². The standard InChI is InChI=1S/C18H29NO/c1-4-12-19-18(15-8-6-5-7-9-15)17-11-10-16(20-3)13-14(17)2/h10-11,13,15,18-19H,4-9,12H2,1-3H3. The van der Waals surface area contributed by atoms with E-state index in [1.807, 2.05) is 0 Å². The predicted octanol–water partition coefficient (Wildman–Crippen LogP) is 4.62. The Kier molecular flexibility index (Phi) is 5.90. The van der Waals surface area contributed by atoms with Crippen molar-refractivity contribution in [3.05, 3.63) is 29.3 Å². The number of methoxy groups -OCH3 is 1. The maximum atomic E-state index is 5.34. The highest BCUT2D eigenvalue weighted by Crippen LogP contribution is 2.36. The summed E-state index contributed by atoms with van der Waals surface area (Å²) in [5.41, 5.74) is 2.81. The predicted molar refractivity (Wildman–Crippen MR) is 85.3 cm³/mol. The minimum absolute atomic E-state index is 0.515. The lowest BCUT2D eigenvalue weighted by Gasteiger charge is -2.32. The van der Waals surface area contributed by atoms with Crippen molar-refractivity contribution in [3.8, 4) is 5.75 Å². The molecule has 2 rings (SSSR count).